The molecule has 25 heavy (non-hydrogen) atoms. The van der Waals surface area contributed by atoms with Crippen LogP contribution in [0.15, 0.2) is 24.3 Å². The van der Waals surface area contributed by atoms with Crippen LogP contribution in [0.2, 0.25) is 0 Å². The van der Waals surface area contributed by atoms with Crippen molar-refractivity contribution < 1.29 is 14.3 Å². The van der Waals surface area contributed by atoms with Gasteiger partial charge >= 0.3 is 169 Å². The molecule has 0 spiro atoms. The Morgan fingerprint density at radius 1 is 1.40 bits per heavy atom. The Labute approximate surface area is 168 Å². The Morgan fingerprint density at radius 2 is 2.08 bits per heavy atom. The first kappa shape index (κ1) is 19.2. The van der Waals surface area contributed by atoms with Crippen LogP contribution in [0.3, 0.4) is 0 Å². The maximum atomic E-state index is 12.8. The third kappa shape index (κ3) is 4.07. The summed E-state index contributed by atoms with van der Waals surface area (Å²) < 4.78 is 15.8. The van der Waals surface area contributed by atoms with E-state index in [1.54, 1.807) is 4.90 Å². The van der Waals surface area contributed by atoms with Gasteiger partial charge in [0.1, 0.15) is 0 Å². The molecule has 1 aliphatic rings. The molecule has 0 N–H and O–H groups in total. The van der Waals surface area contributed by atoms with Crippen molar-refractivity contribution >= 4 is 52.8 Å². The fourth-order valence-electron chi connectivity index (χ4n) is 3.12. The zero-order chi connectivity index (χ0) is 18.4. The average molecular weight is 520 g/mol. The van der Waals surface area contributed by atoms with Gasteiger partial charge in [0.15, 0.2) is 0 Å². The molecule has 1 fully saturated rings. The molecule has 1 aromatic carbocycles. The number of carbonyl (C=O) groups is 1. The Morgan fingerprint density at radius 3 is 2.72 bits per heavy atom. The molecule has 0 aliphatic carbocycles. The Hall–Kier alpha value is -0.561. The van der Waals surface area contributed by atoms with Gasteiger partial charge in [-0.15, -0.1) is 0 Å². The maximum absolute atomic E-state index is 12.8. The first-order valence-corrected chi connectivity index (χ1v) is 11.2. The Kier molecular flexibility index (Phi) is 5.28. The van der Waals surface area contributed by atoms with Crippen molar-refractivity contribution in [1.82, 2.24) is 4.90 Å². The van der Waals surface area contributed by atoms with Crippen LogP contribution in [0.5, 0.6) is 0 Å². The summed E-state index contributed by atoms with van der Waals surface area (Å²) in [6.45, 7) is 10.1. The molecule has 0 bridgehead atoms. The van der Waals surface area contributed by atoms with Crippen LogP contribution in [-0.4, -0.2) is 49.5 Å². The van der Waals surface area contributed by atoms with Gasteiger partial charge in [-0.05, 0) is 0 Å². The third-order valence-corrected chi connectivity index (χ3v) is 8.74. The second-order valence-corrected chi connectivity index (χ2v) is 11.3. The van der Waals surface area contributed by atoms with Gasteiger partial charge < -0.3 is 0 Å². The molecule has 0 unspecified atom stereocenters. The van der Waals surface area contributed by atoms with E-state index < -0.39 is 11.3 Å². The summed E-state index contributed by atoms with van der Waals surface area (Å²) in [5.41, 5.74) is -1.15. The number of amides is 1. The molecular weight excluding hydrogens is 496 g/mol. The number of hydrogen-bond donors (Lipinski definition) is 0. The van der Waals surface area contributed by atoms with Gasteiger partial charge in [-0.25, -0.2) is 0 Å². The standard InChI is InChI=1S/C19H24INO3Se/c1-18(2,3)24-17(22)21-12(11-23-19(21,4)5)10-15-16(20)13-8-6-7-9-14(13)25-15/h6-9,12H,10-11H2,1-5H3/t12-/m0/s1. The van der Waals surface area contributed by atoms with Crippen LogP contribution in [0.1, 0.15) is 39.1 Å². The number of ether oxygens (including phenoxy) is 2. The van der Waals surface area contributed by atoms with Gasteiger partial charge in [0.25, 0.3) is 0 Å². The van der Waals surface area contributed by atoms with Gasteiger partial charge in [-0.1, -0.05) is 0 Å². The number of nitrogens with zero attached hydrogens (tertiary/aromatic N) is 1. The van der Waals surface area contributed by atoms with Crippen molar-refractivity contribution in [2.75, 3.05) is 6.61 Å². The van der Waals surface area contributed by atoms with Crippen LogP contribution >= 0.6 is 22.6 Å². The average Bonchev–Trinajstić information content (AvgIpc) is 2.95. The molecule has 0 radical (unpaired) electrons. The molecule has 0 saturated carbocycles. The summed E-state index contributed by atoms with van der Waals surface area (Å²) in [4.78, 5) is 14.6. The minimum absolute atomic E-state index is 0.0146. The van der Waals surface area contributed by atoms with E-state index in [4.69, 9.17) is 9.47 Å². The zero-order valence-corrected chi connectivity index (χ0v) is 19.1. The topological polar surface area (TPSA) is 38.8 Å². The quantitative estimate of drug-likeness (QED) is 0.435. The van der Waals surface area contributed by atoms with Crippen LogP contribution in [0.4, 0.5) is 4.79 Å². The van der Waals surface area contributed by atoms with Crippen LogP contribution in [0, 0.1) is 3.57 Å². The van der Waals surface area contributed by atoms with E-state index in [-0.39, 0.29) is 12.1 Å². The van der Waals surface area contributed by atoms with Crippen molar-refractivity contribution in [3.05, 3.63) is 32.3 Å². The van der Waals surface area contributed by atoms with Crippen molar-refractivity contribution in [2.45, 2.75) is 58.4 Å². The van der Waals surface area contributed by atoms with Crippen LogP contribution in [0.25, 0.3) is 9.65 Å². The Balaban J connectivity index is 1.87. The first-order chi connectivity index (χ1) is 11.6. The molecule has 1 saturated heterocycles. The molecule has 4 nitrogen and oxygen atoms in total. The molecule has 1 atom stereocenters. The molecule has 2 heterocycles. The number of fused-ring (bicyclic) bond motifs is 1. The summed E-state index contributed by atoms with van der Waals surface area (Å²) in [6.07, 6.45) is 0.550. The second kappa shape index (κ2) is 6.87. The normalized spacial score (nSPS) is 20.2. The summed E-state index contributed by atoms with van der Waals surface area (Å²) in [5, 5.41) is 1.35. The second-order valence-electron chi connectivity index (χ2n) is 7.80. The molecule has 136 valence electrons. The number of rotatable bonds is 2. The van der Waals surface area contributed by atoms with Gasteiger partial charge in [-0.2, -0.15) is 0 Å². The monoisotopic (exact) mass is 521 g/mol. The molecule has 1 aliphatic heterocycles. The van der Waals surface area contributed by atoms with Gasteiger partial charge in [0.2, 0.25) is 0 Å². The minimum atomic E-state index is -0.641. The number of halogens is 1. The van der Waals surface area contributed by atoms with E-state index in [0.29, 0.717) is 21.1 Å². The predicted molar refractivity (Wildman–Crippen MR) is 109 cm³/mol. The predicted octanol–water partition coefficient (Wildman–Crippen LogP) is 4.42. The van der Waals surface area contributed by atoms with Gasteiger partial charge in [-0.3, -0.25) is 0 Å². The summed E-state index contributed by atoms with van der Waals surface area (Å²) in [7, 11) is 0. The van der Waals surface area contributed by atoms with E-state index in [2.05, 4.69) is 46.9 Å². The summed E-state index contributed by atoms with van der Waals surface area (Å²) in [5.74, 6) is 0. The van der Waals surface area contributed by atoms with Crippen molar-refractivity contribution in [3.63, 3.8) is 0 Å². The van der Waals surface area contributed by atoms with Crippen molar-refractivity contribution in [3.8, 4) is 0 Å². The fourth-order valence-corrected chi connectivity index (χ4v) is 7.25. The van der Waals surface area contributed by atoms with Crippen molar-refractivity contribution in [2.24, 2.45) is 0 Å². The molecule has 1 aromatic heterocycles. The molecule has 6 heteroatoms. The molecule has 1 amide bonds. The molecule has 3 rings (SSSR count). The van der Waals surface area contributed by atoms with Crippen LogP contribution in [-0.2, 0) is 15.9 Å². The third-order valence-electron chi connectivity index (χ3n) is 4.19. The van der Waals surface area contributed by atoms with E-state index in [1.807, 2.05) is 34.6 Å². The summed E-state index contributed by atoms with van der Waals surface area (Å²) in [6, 6.07) is 8.60. The van der Waals surface area contributed by atoms with Crippen LogP contribution < -0.4 is 0 Å². The molecule has 2 aromatic rings. The molecular formula is C19H24INO3Se. The van der Waals surface area contributed by atoms with Gasteiger partial charge in [0, 0.05) is 0 Å². The number of hydrogen-bond acceptors (Lipinski definition) is 3. The SMILES string of the molecule is CC(C)(C)OC(=O)N1[C@@H](Cc2[se]c3ccccc3c2I)COC1(C)C. The van der Waals surface area contributed by atoms with E-state index in [1.165, 1.54) is 17.7 Å². The van der Waals surface area contributed by atoms with E-state index >= 15 is 0 Å². The fraction of sp³-hybridized carbons (Fsp3) is 0.526. The first-order valence-electron chi connectivity index (χ1n) is 8.41. The Bertz CT molecular complexity index is 794. The van der Waals surface area contributed by atoms with Crippen molar-refractivity contribution in [1.29, 1.82) is 0 Å². The number of benzene rings is 1. The van der Waals surface area contributed by atoms with Gasteiger partial charge in [0.05, 0.1) is 0 Å². The summed E-state index contributed by atoms with van der Waals surface area (Å²) >= 11 is 2.77. The number of carbonyl (C=O) groups excluding carboxylic acids is 1. The van der Waals surface area contributed by atoms with E-state index in [0.717, 1.165) is 6.42 Å². The van der Waals surface area contributed by atoms with E-state index in [9.17, 15) is 4.79 Å². The zero-order valence-electron chi connectivity index (χ0n) is 15.3.